The number of nitrogens with zero attached hydrogens (tertiary/aromatic N) is 2. The topological polar surface area (TPSA) is 23.6 Å². The molecule has 1 aliphatic heterocycles. The summed E-state index contributed by atoms with van der Waals surface area (Å²) in [6.45, 7) is 4.43. The third-order valence-electron chi connectivity index (χ3n) is 6.02. The molecule has 27 heavy (non-hydrogen) atoms. The lowest BCUT2D eigenvalue weighted by Gasteiger charge is -2.35. The number of hydrogen-bond donors (Lipinski definition) is 0. The largest absolute Gasteiger partial charge is 0.336 e. The van der Waals surface area contributed by atoms with Gasteiger partial charge in [0, 0.05) is 38.3 Å². The fourth-order valence-electron chi connectivity index (χ4n) is 4.55. The molecular formula is C24H24N2O. The fourth-order valence-corrected chi connectivity index (χ4v) is 4.55. The summed E-state index contributed by atoms with van der Waals surface area (Å²) in [4.78, 5) is 17.7. The van der Waals surface area contributed by atoms with Gasteiger partial charge in [-0.05, 0) is 46.4 Å². The molecule has 2 aliphatic rings. The summed E-state index contributed by atoms with van der Waals surface area (Å²) in [5, 5.41) is 2.46. The third-order valence-corrected chi connectivity index (χ3v) is 6.02. The first-order valence-corrected chi connectivity index (χ1v) is 9.88. The molecule has 0 atom stereocenters. The van der Waals surface area contributed by atoms with E-state index in [9.17, 15) is 4.79 Å². The highest BCUT2D eigenvalue weighted by molar-refractivity contribution is 6.09. The number of rotatable bonds is 3. The predicted molar refractivity (Wildman–Crippen MR) is 109 cm³/mol. The summed E-state index contributed by atoms with van der Waals surface area (Å²) < 4.78 is 0. The first-order chi connectivity index (χ1) is 13.3. The molecule has 136 valence electrons. The molecule has 0 saturated carbocycles. The molecule has 0 bridgehead atoms. The molecule has 0 aromatic heterocycles. The molecule has 5 rings (SSSR count). The van der Waals surface area contributed by atoms with Gasteiger partial charge in [-0.25, -0.2) is 0 Å². The van der Waals surface area contributed by atoms with Crippen LogP contribution in [0.25, 0.3) is 10.8 Å². The van der Waals surface area contributed by atoms with E-state index in [2.05, 4.69) is 59.5 Å². The van der Waals surface area contributed by atoms with E-state index in [-0.39, 0.29) is 5.91 Å². The van der Waals surface area contributed by atoms with Crippen molar-refractivity contribution < 1.29 is 4.79 Å². The smallest absolute Gasteiger partial charge is 0.254 e. The van der Waals surface area contributed by atoms with Gasteiger partial charge in [0.2, 0.25) is 0 Å². The Morgan fingerprint density at radius 3 is 2.30 bits per heavy atom. The van der Waals surface area contributed by atoms with Gasteiger partial charge in [-0.15, -0.1) is 0 Å². The molecule has 0 N–H and O–H groups in total. The zero-order valence-corrected chi connectivity index (χ0v) is 15.5. The standard InChI is InChI=1S/C24H24N2O/c27-24(22-12-11-20-10-9-19-7-4-8-21(22)23(19)20)26-15-13-25(14-16-26)17-18-5-2-1-3-6-18/h1-8,11-12H,9-10,13-17H2. The van der Waals surface area contributed by atoms with Gasteiger partial charge < -0.3 is 4.90 Å². The van der Waals surface area contributed by atoms with E-state index in [0.29, 0.717) is 0 Å². The monoisotopic (exact) mass is 356 g/mol. The van der Waals surface area contributed by atoms with Crippen LogP contribution in [0.15, 0.2) is 60.7 Å². The van der Waals surface area contributed by atoms with Crippen molar-refractivity contribution in [1.82, 2.24) is 9.80 Å². The van der Waals surface area contributed by atoms with E-state index in [0.717, 1.165) is 56.5 Å². The minimum atomic E-state index is 0.185. The molecule has 3 heteroatoms. The second-order valence-corrected chi connectivity index (χ2v) is 7.67. The van der Waals surface area contributed by atoms with Gasteiger partial charge in [-0.1, -0.05) is 54.6 Å². The Hall–Kier alpha value is -2.65. The Labute approximate surface area is 160 Å². The predicted octanol–water partition coefficient (Wildman–Crippen LogP) is 3.90. The molecule has 1 heterocycles. The van der Waals surface area contributed by atoms with Gasteiger partial charge in [0.05, 0.1) is 0 Å². The Morgan fingerprint density at radius 1 is 0.778 bits per heavy atom. The maximum Gasteiger partial charge on any atom is 0.254 e. The summed E-state index contributed by atoms with van der Waals surface area (Å²) in [6.07, 6.45) is 2.20. The Bertz CT molecular complexity index is 978. The van der Waals surface area contributed by atoms with Gasteiger partial charge in [-0.2, -0.15) is 0 Å². The van der Waals surface area contributed by atoms with Gasteiger partial charge >= 0.3 is 0 Å². The normalized spacial score (nSPS) is 16.8. The molecule has 1 amide bonds. The average molecular weight is 356 g/mol. The van der Waals surface area contributed by atoms with Crippen LogP contribution in [0.3, 0.4) is 0 Å². The molecule has 0 unspecified atom stereocenters. The summed E-state index contributed by atoms with van der Waals surface area (Å²) in [6, 6.07) is 21.2. The molecular weight excluding hydrogens is 332 g/mol. The number of hydrogen-bond acceptors (Lipinski definition) is 2. The van der Waals surface area contributed by atoms with E-state index in [1.807, 2.05) is 11.0 Å². The van der Waals surface area contributed by atoms with Crippen LogP contribution >= 0.6 is 0 Å². The van der Waals surface area contributed by atoms with Crippen molar-refractivity contribution in [2.75, 3.05) is 26.2 Å². The number of carbonyl (C=O) groups is 1. The molecule has 3 aromatic carbocycles. The summed E-state index contributed by atoms with van der Waals surface area (Å²) in [7, 11) is 0. The highest BCUT2D eigenvalue weighted by atomic mass is 16.2. The number of piperazine rings is 1. The van der Waals surface area contributed by atoms with Crippen LogP contribution in [0.2, 0.25) is 0 Å². The van der Waals surface area contributed by atoms with Crippen molar-refractivity contribution in [2.24, 2.45) is 0 Å². The lowest BCUT2D eigenvalue weighted by molar-refractivity contribution is 0.0630. The Balaban J connectivity index is 1.32. The van der Waals surface area contributed by atoms with Gasteiger partial charge in [0.15, 0.2) is 0 Å². The zero-order valence-electron chi connectivity index (χ0n) is 15.5. The van der Waals surface area contributed by atoms with Crippen molar-refractivity contribution in [3.05, 3.63) is 82.9 Å². The van der Waals surface area contributed by atoms with Crippen LogP contribution in [0.5, 0.6) is 0 Å². The van der Waals surface area contributed by atoms with Crippen LogP contribution in [0.1, 0.15) is 27.0 Å². The first kappa shape index (κ1) is 16.5. The van der Waals surface area contributed by atoms with Crippen molar-refractivity contribution in [2.45, 2.75) is 19.4 Å². The Kier molecular flexibility index (Phi) is 4.17. The molecule has 0 radical (unpaired) electrons. The molecule has 1 aliphatic carbocycles. The van der Waals surface area contributed by atoms with Crippen molar-refractivity contribution in [3.63, 3.8) is 0 Å². The van der Waals surface area contributed by atoms with Crippen LogP contribution in [0.4, 0.5) is 0 Å². The third kappa shape index (κ3) is 3.02. The Morgan fingerprint density at radius 2 is 1.52 bits per heavy atom. The second kappa shape index (κ2) is 6.82. The number of carbonyl (C=O) groups excluding carboxylic acids is 1. The molecule has 1 saturated heterocycles. The van der Waals surface area contributed by atoms with Gasteiger partial charge in [0.25, 0.3) is 5.91 Å². The van der Waals surface area contributed by atoms with E-state index in [1.165, 1.54) is 22.1 Å². The zero-order chi connectivity index (χ0) is 18.2. The maximum absolute atomic E-state index is 13.2. The number of benzene rings is 3. The first-order valence-electron chi connectivity index (χ1n) is 9.88. The maximum atomic E-state index is 13.2. The number of aryl methyl sites for hydroxylation is 2. The highest BCUT2D eigenvalue weighted by Gasteiger charge is 2.25. The molecule has 1 fully saturated rings. The van der Waals surface area contributed by atoms with Crippen LogP contribution in [-0.4, -0.2) is 41.9 Å². The number of amides is 1. The minimum Gasteiger partial charge on any atom is -0.336 e. The lowest BCUT2D eigenvalue weighted by atomic mass is 9.99. The van der Waals surface area contributed by atoms with Crippen molar-refractivity contribution in [1.29, 1.82) is 0 Å². The average Bonchev–Trinajstić information content (AvgIpc) is 3.14. The van der Waals surface area contributed by atoms with Crippen LogP contribution in [0, 0.1) is 0 Å². The SMILES string of the molecule is O=C(c1ccc2c3c(cccc13)CC2)N1CCN(Cc2ccccc2)CC1. The summed E-state index contributed by atoms with van der Waals surface area (Å²) in [5.41, 5.74) is 4.99. The highest BCUT2D eigenvalue weighted by Crippen LogP contribution is 2.33. The summed E-state index contributed by atoms with van der Waals surface area (Å²) >= 11 is 0. The quantitative estimate of drug-likeness (QED) is 0.711. The molecule has 0 spiro atoms. The minimum absolute atomic E-state index is 0.185. The lowest BCUT2D eigenvalue weighted by Crippen LogP contribution is -2.48. The van der Waals surface area contributed by atoms with Gasteiger partial charge in [-0.3, -0.25) is 9.69 Å². The van der Waals surface area contributed by atoms with E-state index in [4.69, 9.17) is 0 Å². The van der Waals surface area contributed by atoms with Crippen LogP contribution in [-0.2, 0) is 19.4 Å². The molecule has 3 aromatic rings. The van der Waals surface area contributed by atoms with E-state index in [1.54, 1.807) is 0 Å². The second-order valence-electron chi connectivity index (χ2n) is 7.67. The molecule has 3 nitrogen and oxygen atoms in total. The van der Waals surface area contributed by atoms with Crippen LogP contribution < -0.4 is 0 Å². The van der Waals surface area contributed by atoms with Gasteiger partial charge in [0.1, 0.15) is 0 Å². The van der Waals surface area contributed by atoms with E-state index < -0.39 is 0 Å². The van der Waals surface area contributed by atoms with E-state index >= 15 is 0 Å². The summed E-state index contributed by atoms with van der Waals surface area (Å²) in [5.74, 6) is 0.185. The van der Waals surface area contributed by atoms with Crippen molar-refractivity contribution >= 4 is 16.7 Å². The fraction of sp³-hybridized carbons (Fsp3) is 0.292. The van der Waals surface area contributed by atoms with Crippen molar-refractivity contribution in [3.8, 4) is 0 Å².